The Morgan fingerprint density at radius 2 is 2.10 bits per heavy atom. The number of carbonyl (C=O) groups excluding carboxylic acids is 1. The van der Waals surface area contributed by atoms with Crippen molar-refractivity contribution in [1.82, 2.24) is 20.2 Å². The SMILES string of the molecule is Cn1ccnc1CNC(=O)NCc1ccc(C(=O)O)o1. The highest BCUT2D eigenvalue weighted by atomic mass is 16.4. The predicted octanol–water partition coefficient (Wildman–Crippen LogP) is 0.711. The van der Waals surface area contributed by atoms with E-state index in [1.165, 1.54) is 12.1 Å². The first-order valence-electron chi connectivity index (χ1n) is 5.86. The van der Waals surface area contributed by atoms with E-state index in [9.17, 15) is 9.59 Å². The van der Waals surface area contributed by atoms with Crippen LogP contribution in [0.4, 0.5) is 4.79 Å². The molecular formula is C12H14N4O4. The van der Waals surface area contributed by atoms with E-state index in [2.05, 4.69) is 15.6 Å². The third kappa shape index (κ3) is 3.37. The molecule has 2 heterocycles. The van der Waals surface area contributed by atoms with Crippen LogP contribution in [-0.4, -0.2) is 26.7 Å². The van der Waals surface area contributed by atoms with E-state index in [4.69, 9.17) is 9.52 Å². The highest BCUT2D eigenvalue weighted by Crippen LogP contribution is 2.07. The van der Waals surface area contributed by atoms with E-state index in [-0.39, 0.29) is 18.3 Å². The lowest BCUT2D eigenvalue weighted by Gasteiger charge is -2.06. The fraction of sp³-hybridized carbons (Fsp3) is 0.250. The summed E-state index contributed by atoms with van der Waals surface area (Å²) in [5, 5.41) is 13.9. The molecule has 0 fully saturated rings. The molecule has 0 aliphatic carbocycles. The van der Waals surface area contributed by atoms with Crippen LogP contribution < -0.4 is 10.6 Å². The number of rotatable bonds is 5. The van der Waals surface area contributed by atoms with Gasteiger partial charge in [0.2, 0.25) is 5.76 Å². The first-order chi connectivity index (χ1) is 9.56. The van der Waals surface area contributed by atoms with E-state index < -0.39 is 5.97 Å². The zero-order valence-electron chi connectivity index (χ0n) is 10.8. The van der Waals surface area contributed by atoms with E-state index in [0.29, 0.717) is 12.3 Å². The van der Waals surface area contributed by atoms with Gasteiger partial charge < -0.3 is 24.7 Å². The number of aromatic nitrogens is 2. The molecule has 0 radical (unpaired) electrons. The van der Waals surface area contributed by atoms with E-state index in [1.54, 1.807) is 17.0 Å². The van der Waals surface area contributed by atoms with Gasteiger partial charge in [0, 0.05) is 19.4 Å². The Balaban J connectivity index is 1.77. The lowest BCUT2D eigenvalue weighted by molar-refractivity contribution is 0.0660. The van der Waals surface area contributed by atoms with Crippen molar-refractivity contribution in [2.24, 2.45) is 7.05 Å². The Bertz CT molecular complexity index is 617. The van der Waals surface area contributed by atoms with Crippen molar-refractivity contribution in [3.05, 3.63) is 41.9 Å². The van der Waals surface area contributed by atoms with Gasteiger partial charge in [-0.3, -0.25) is 0 Å². The minimum atomic E-state index is -1.14. The van der Waals surface area contributed by atoms with Crippen molar-refractivity contribution in [3.63, 3.8) is 0 Å². The number of hydrogen-bond donors (Lipinski definition) is 3. The molecule has 0 unspecified atom stereocenters. The van der Waals surface area contributed by atoms with Crippen LogP contribution in [0.3, 0.4) is 0 Å². The molecule has 2 aromatic rings. The normalized spacial score (nSPS) is 10.2. The second-order valence-electron chi connectivity index (χ2n) is 4.06. The number of aryl methyl sites for hydroxylation is 1. The number of carboxylic acids is 1. The van der Waals surface area contributed by atoms with Gasteiger partial charge in [-0.25, -0.2) is 14.6 Å². The summed E-state index contributed by atoms with van der Waals surface area (Å²) >= 11 is 0. The largest absolute Gasteiger partial charge is 0.475 e. The summed E-state index contributed by atoms with van der Waals surface area (Å²) < 4.78 is 6.80. The first kappa shape index (κ1) is 13.7. The molecule has 3 N–H and O–H groups in total. The first-order valence-corrected chi connectivity index (χ1v) is 5.86. The van der Waals surface area contributed by atoms with Crippen molar-refractivity contribution in [2.45, 2.75) is 13.1 Å². The minimum Gasteiger partial charge on any atom is -0.475 e. The number of amides is 2. The molecule has 0 atom stereocenters. The molecule has 8 nitrogen and oxygen atoms in total. The molecule has 0 spiro atoms. The lowest BCUT2D eigenvalue weighted by atomic mass is 10.4. The third-order valence-electron chi connectivity index (χ3n) is 2.62. The van der Waals surface area contributed by atoms with E-state index in [1.807, 2.05) is 7.05 Å². The van der Waals surface area contributed by atoms with Gasteiger partial charge in [-0.1, -0.05) is 0 Å². The zero-order valence-corrected chi connectivity index (χ0v) is 10.8. The fourth-order valence-corrected chi connectivity index (χ4v) is 1.54. The molecule has 0 saturated carbocycles. The quantitative estimate of drug-likeness (QED) is 0.746. The molecule has 2 rings (SSSR count). The van der Waals surface area contributed by atoms with Gasteiger partial charge in [-0.15, -0.1) is 0 Å². The number of nitrogens with zero attached hydrogens (tertiary/aromatic N) is 2. The molecule has 20 heavy (non-hydrogen) atoms. The van der Waals surface area contributed by atoms with Crippen LogP contribution in [0.15, 0.2) is 28.9 Å². The van der Waals surface area contributed by atoms with Crippen LogP contribution in [-0.2, 0) is 20.1 Å². The van der Waals surface area contributed by atoms with Gasteiger partial charge in [0.15, 0.2) is 0 Å². The molecule has 0 aliphatic heterocycles. The van der Waals surface area contributed by atoms with Crippen LogP contribution in [0.25, 0.3) is 0 Å². The molecule has 2 aromatic heterocycles. The molecular weight excluding hydrogens is 264 g/mol. The summed E-state index contributed by atoms with van der Waals surface area (Å²) in [4.78, 5) is 26.2. The van der Waals surface area contributed by atoms with Crippen LogP contribution in [0.5, 0.6) is 0 Å². The maximum absolute atomic E-state index is 11.5. The number of carboxylic acid groups (broad SMARTS) is 1. The summed E-state index contributed by atoms with van der Waals surface area (Å²) in [6, 6.07) is 2.45. The summed E-state index contributed by atoms with van der Waals surface area (Å²) in [6.45, 7) is 0.410. The zero-order chi connectivity index (χ0) is 14.5. The molecule has 0 saturated heterocycles. The monoisotopic (exact) mass is 278 g/mol. The summed E-state index contributed by atoms with van der Waals surface area (Å²) in [5.41, 5.74) is 0. The van der Waals surface area contributed by atoms with Gasteiger partial charge in [0.25, 0.3) is 0 Å². The van der Waals surface area contributed by atoms with Crippen molar-refractivity contribution in [2.75, 3.05) is 0 Å². The molecule has 8 heteroatoms. The van der Waals surface area contributed by atoms with Crippen LogP contribution >= 0.6 is 0 Å². The number of furan rings is 1. The molecule has 106 valence electrons. The Morgan fingerprint density at radius 1 is 1.35 bits per heavy atom. The Labute approximate surface area is 114 Å². The highest BCUT2D eigenvalue weighted by molar-refractivity contribution is 5.84. The summed E-state index contributed by atoms with van der Waals surface area (Å²) in [5.74, 6) is -0.202. The highest BCUT2D eigenvalue weighted by Gasteiger charge is 2.09. The lowest BCUT2D eigenvalue weighted by Crippen LogP contribution is -2.35. The maximum Gasteiger partial charge on any atom is 0.371 e. The van der Waals surface area contributed by atoms with Gasteiger partial charge in [0.05, 0.1) is 13.1 Å². The number of nitrogens with one attached hydrogen (secondary N) is 2. The Morgan fingerprint density at radius 3 is 2.70 bits per heavy atom. The van der Waals surface area contributed by atoms with Crippen molar-refractivity contribution in [1.29, 1.82) is 0 Å². The second-order valence-corrected chi connectivity index (χ2v) is 4.06. The average Bonchev–Trinajstić information content (AvgIpc) is 3.03. The van der Waals surface area contributed by atoms with Crippen LogP contribution in [0.2, 0.25) is 0 Å². The smallest absolute Gasteiger partial charge is 0.371 e. The number of imidazole rings is 1. The summed E-state index contributed by atoms with van der Waals surface area (Å²) in [6.07, 6.45) is 3.43. The van der Waals surface area contributed by atoms with E-state index >= 15 is 0 Å². The van der Waals surface area contributed by atoms with Gasteiger partial charge in [0.1, 0.15) is 11.6 Å². The van der Waals surface area contributed by atoms with E-state index in [0.717, 1.165) is 5.82 Å². The molecule has 2 amide bonds. The van der Waals surface area contributed by atoms with Crippen molar-refractivity contribution >= 4 is 12.0 Å². The topological polar surface area (TPSA) is 109 Å². The Kier molecular flexibility index (Phi) is 4.04. The van der Waals surface area contributed by atoms with Crippen LogP contribution in [0.1, 0.15) is 22.1 Å². The average molecular weight is 278 g/mol. The number of aromatic carboxylic acids is 1. The number of urea groups is 1. The number of carbonyl (C=O) groups is 2. The van der Waals surface area contributed by atoms with Gasteiger partial charge in [-0.05, 0) is 12.1 Å². The van der Waals surface area contributed by atoms with Gasteiger partial charge >= 0.3 is 12.0 Å². The molecule has 0 bridgehead atoms. The Hall–Kier alpha value is -2.77. The molecule has 0 aliphatic rings. The molecule has 0 aromatic carbocycles. The number of hydrogen-bond acceptors (Lipinski definition) is 4. The third-order valence-corrected chi connectivity index (χ3v) is 2.62. The van der Waals surface area contributed by atoms with Gasteiger partial charge in [-0.2, -0.15) is 0 Å². The standard InChI is InChI=1S/C12H14N4O4/c1-16-5-4-13-10(16)7-15-12(19)14-6-8-2-3-9(20-8)11(17)18/h2-5H,6-7H2,1H3,(H,17,18)(H2,14,15,19). The fourth-order valence-electron chi connectivity index (χ4n) is 1.54. The van der Waals surface area contributed by atoms with Crippen molar-refractivity contribution in [3.8, 4) is 0 Å². The van der Waals surface area contributed by atoms with Crippen LogP contribution in [0, 0.1) is 0 Å². The van der Waals surface area contributed by atoms with Crippen molar-refractivity contribution < 1.29 is 19.1 Å². The second kappa shape index (κ2) is 5.91. The maximum atomic E-state index is 11.5. The minimum absolute atomic E-state index is 0.111. The predicted molar refractivity (Wildman–Crippen MR) is 68.0 cm³/mol. The summed E-state index contributed by atoms with van der Waals surface area (Å²) in [7, 11) is 1.83.